The Labute approximate surface area is 109 Å². The lowest BCUT2D eigenvalue weighted by Crippen LogP contribution is -2.23. The van der Waals surface area contributed by atoms with E-state index < -0.39 is 11.9 Å². The summed E-state index contributed by atoms with van der Waals surface area (Å²) in [6, 6.07) is 9.88. The quantitative estimate of drug-likeness (QED) is 0.921. The summed E-state index contributed by atoms with van der Waals surface area (Å²) in [7, 11) is 0. The van der Waals surface area contributed by atoms with Crippen molar-refractivity contribution in [2.24, 2.45) is 0 Å². The van der Waals surface area contributed by atoms with Crippen molar-refractivity contribution in [1.82, 2.24) is 0 Å². The number of benzene rings is 1. The van der Waals surface area contributed by atoms with Crippen LogP contribution >= 0.6 is 11.3 Å². The number of para-hydroxylation sites is 1. The van der Waals surface area contributed by atoms with Gasteiger partial charge in [-0.15, -0.1) is 0 Å². The zero-order valence-corrected chi connectivity index (χ0v) is 10.6. The van der Waals surface area contributed by atoms with Crippen LogP contribution in [0.2, 0.25) is 0 Å². The Kier molecular flexibility index (Phi) is 2.80. The lowest BCUT2D eigenvalue weighted by atomic mass is 10.0. The summed E-state index contributed by atoms with van der Waals surface area (Å²) < 4.78 is 0. The third-order valence-electron chi connectivity index (χ3n) is 3.31. The topological polar surface area (TPSA) is 40.5 Å². The molecule has 0 radical (unpaired) electrons. The molecular formula is C14H13NO2S. The second-order valence-electron chi connectivity index (χ2n) is 4.46. The van der Waals surface area contributed by atoms with E-state index in [9.17, 15) is 9.90 Å². The maximum Gasteiger partial charge on any atom is 0.312 e. The van der Waals surface area contributed by atoms with Gasteiger partial charge in [-0.3, -0.25) is 4.79 Å². The number of thiophene rings is 1. The first-order valence-electron chi connectivity index (χ1n) is 5.83. The predicted molar refractivity (Wildman–Crippen MR) is 72.2 cm³/mol. The molecule has 0 aliphatic carbocycles. The maximum atomic E-state index is 11.3. The van der Waals surface area contributed by atoms with E-state index in [-0.39, 0.29) is 0 Å². The molecule has 3 rings (SSSR count). The molecule has 92 valence electrons. The highest BCUT2D eigenvalue weighted by molar-refractivity contribution is 7.07. The molecule has 0 saturated carbocycles. The van der Waals surface area contributed by atoms with Crippen molar-refractivity contribution in [3.8, 4) is 0 Å². The fourth-order valence-electron chi connectivity index (χ4n) is 2.45. The number of rotatable bonds is 3. The smallest absolute Gasteiger partial charge is 0.312 e. The van der Waals surface area contributed by atoms with Gasteiger partial charge in [-0.05, 0) is 34.0 Å². The summed E-state index contributed by atoms with van der Waals surface area (Å²) in [5.41, 5.74) is 3.22. The van der Waals surface area contributed by atoms with Crippen LogP contribution in [0.5, 0.6) is 0 Å². The van der Waals surface area contributed by atoms with Gasteiger partial charge in [-0.1, -0.05) is 18.2 Å². The maximum absolute atomic E-state index is 11.3. The molecule has 1 aromatic carbocycles. The van der Waals surface area contributed by atoms with Crippen molar-refractivity contribution in [3.63, 3.8) is 0 Å². The van der Waals surface area contributed by atoms with E-state index in [1.54, 1.807) is 11.3 Å². The molecule has 0 bridgehead atoms. The molecule has 1 aromatic heterocycles. The Morgan fingerprint density at radius 1 is 1.39 bits per heavy atom. The molecule has 1 unspecified atom stereocenters. The summed E-state index contributed by atoms with van der Waals surface area (Å²) in [6.45, 7) is 1.34. The molecule has 2 heterocycles. The van der Waals surface area contributed by atoms with Gasteiger partial charge in [-0.25, -0.2) is 0 Å². The van der Waals surface area contributed by atoms with Crippen molar-refractivity contribution >= 4 is 23.0 Å². The summed E-state index contributed by atoms with van der Waals surface area (Å²) in [5, 5.41) is 13.4. The van der Waals surface area contributed by atoms with Crippen LogP contribution in [0.25, 0.3) is 0 Å². The van der Waals surface area contributed by atoms with Gasteiger partial charge >= 0.3 is 5.97 Å². The van der Waals surface area contributed by atoms with Crippen LogP contribution in [-0.2, 0) is 11.3 Å². The first-order valence-corrected chi connectivity index (χ1v) is 6.78. The first-order chi connectivity index (χ1) is 8.75. The fraction of sp³-hybridized carbons (Fsp3) is 0.214. The zero-order chi connectivity index (χ0) is 12.5. The molecule has 1 aliphatic rings. The lowest BCUT2D eigenvalue weighted by Gasteiger charge is -2.18. The summed E-state index contributed by atoms with van der Waals surface area (Å²) in [5.74, 6) is -1.14. The standard InChI is InChI=1S/C14H13NO2S/c16-14(17)12-8-15(7-10-5-6-18-9-10)13-4-2-1-3-11(12)13/h1-6,9,12H,7-8H2,(H,16,17). The Bertz CT molecular complexity index is 565. The first kappa shape index (κ1) is 11.3. The Morgan fingerprint density at radius 3 is 2.94 bits per heavy atom. The van der Waals surface area contributed by atoms with Gasteiger partial charge in [0.25, 0.3) is 0 Å². The number of anilines is 1. The van der Waals surface area contributed by atoms with E-state index in [1.807, 2.05) is 29.6 Å². The summed E-state index contributed by atoms with van der Waals surface area (Å²) in [6.07, 6.45) is 0. The van der Waals surface area contributed by atoms with Crippen LogP contribution in [0.15, 0.2) is 41.1 Å². The number of carboxylic acids is 1. The van der Waals surface area contributed by atoms with Gasteiger partial charge in [0.15, 0.2) is 0 Å². The van der Waals surface area contributed by atoms with Crippen LogP contribution in [0.4, 0.5) is 5.69 Å². The van der Waals surface area contributed by atoms with Crippen molar-refractivity contribution in [2.45, 2.75) is 12.5 Å². The Hall–Kier alpha value is -1.81. The van der Waals surface area contributed by atoms with Crippen LogP contribution in [0, 0.1) is 0 Å². The number of fused-ring (bicyclic) bond motifs is 1. The molecule has 0 spiro atoms. The van der Waals surface area contributed by atoms with Crippen LogP contribution in [0.1, 0.15) is 17.0 Å². The van der Waals surface area contributed by atoms with Crippen LogP contribution < -0.4 is 4.90 Å². The van der Waals surface area contributed by atoms with Crippen LogP contribution in [0.3, 0.4) is 0 Å². The van der Waals surface area contributed by atoms with E-state index in [1.165, 1.54) is 5.56 Å². The monoisotopic (exact) mass is 259 g/mol. The average molecular weight is 259 g/mol. The lowest BCUT2D eigenvalue weighted by molar-refractivity contribution is -0.138. The van der Waals surface area contributed by atoms with Gasteiger partial charge < -0.3 is 10.0 Å². The fourth-order valence-corrected chi connectivity index (χ4v) is 3.11. The molecule has 3 nitrogen and oxygen atoms in total. The van der Waals surface area contributed by atoms with E-state index in [0.717, 1.165) is 17.8 Å². The normalized spacial score (nSPS) is 17.8. The summed E-state index contributed by atoms with van der Waals surface area (Å²) >= 11 is 1.67. The zero-order valence-electron chi connectivity index (χ0n) is 9.74. The SMILES string of the molecule is O=C(O)C1CN(Cc2ccsc2)c2ccccc21. The number of carboxylic acid groups (broad SMARTS) is 1. The number of hydrogen-bond donors (Lipinski definition) is 1. The van der Waals surface area contributed by atoms with Crippen LogP contribution in [-0.4, -0.2) is 17.6 Å². The highest BCUT2D eigenvalue weighted by Gasteiger charge is 2.33. The Morgan fingerprint density at radius 2 is 2.22 bits per heavy atom. The second-order valence-corrected chi connectivity index (χ2v) is 5.24. The molecule has 1 aliphatic heterocycles. The second kappa shape index (κ2) is 4.46. The minimum atomic E-state index is -0.740. The molecule has 1 N–H and O–H groups in total. The molecule has 4 heteroatoms. The van der Waals surface area contributed by atoms with Crippen molar-refractivity contribution in [3.05, 3.63) is 52.2 Å². The molecule has 0 fully saturated rings. The molecule has 0 saturated heterocycles. The largest absolute Gasteiger partial charge is 0.481 e. The van der Waals surface area contributed by atoms with E-state index >= 15 is 0 Å². The third-order valence-corrected chi connectivity index (χ3v) is 4.04. The number of hydrogen-bond acceptors (Lipinski definition) is 3. The van der Waals surface area contributed by atoms with Crippen molar-refractivity contribution in [1.29, 1.82) is 0 Å². The number of nitrogens with zero attached hydrogens (tertiary/aromatic N) is 1. The van der Waals surface area contributed by atoms with Gasteiger partial charge in [-0.2, -0.15) is 11.3 Å². The minimum Gasteiger partial charge on any atom is -0.481 e. The Balaban J connectivity index is 1.92. The number of aliphatic carboxylic acids is 1. The van der Waals surface area contributed by atoms with E-state index in [0.29, 0.717) is 6.54 Å². The van der Waals surface area contributed by atoms with Crippen molar-refractivity contribution < 1.29 is 9.90 Å². The molecule has 1 atom stereocenters. The van der Waals surface area contributed by atoms with Gasteiger partial charge in [0.05, 0.1) is 0 Å². The van der Waals surface area contributed by atoms with Crippen molar-refractivity contribution in [2.75, 3.05) is 11.4 Å². The molecular weight excluding hydrogens is 246 g/mol. The van der Waals surface area contributed by atoms with Gasteiger partial charge in [0.1, 0.15) is 5.92 Å². The van der Waals surface area contributed by atoms with Gasteiger partial charge in [0.2, 0.25) is 0 Å². The molecule has 2 aromatic rings. The predicted octanol–water partition coefficient (Wildman–Crippen LogP) is 2.94. The highest BCUT2D eigenvalue weighted by Crippen LogP contribution is 2.37. The minimum absolute atomic E-state index is 0.403. The average Bonchev–Trinajstić information content (AvgIpc) is 2.98. The number of carbonyl (C=O) groups is 1. The molecule has 0 amide bonds. The summed E-state index contributed by atoms with van der Waals surface area (Å²) in [4.78, 5) is 13.4. The molecule has 18 heavy (non-hydrogen) atoms. The third kappa shape index (κ3) is 1.88. The van der Waals surface area contributed by atoms with E-state index in [2.05, 4.69) is 16.3 Å². The van der Waals surface area contributed by atoms with Gasteiger partial charge in [0, 0.05) is 18.8 Å². The highest BCUT2D eigenvalue weighted by atomic mass is 32.1. The van der Waals surface area contributed by atoms with E-state index in [4.69, 9.17) is 0 Å².